The molecule has 0 aromatic rings. The van der Waals surface area contributed by atoms with E-state index in [9.17, 15) is 9.59 Å². The van der Waals surface area contributed by atoms with Gasteiger partial charge in [0, 0.05) is 19.4 Å². The smallest absolute Gasteiger partial charge is 0.306 e. The predicted molar refractivity (Wildman–Crippen MR) is 288 cm³/mol. The Hall–Kier alpha value is -3.70. The van der Waals surface area contributed by atoms with E-state index in [1.54, 1.807) is 0 Å². The van der Waals surface area contributed by atoms with Gasteiger partial charge in [0.05, 0.1) is 6.61 Å². The third-order valence-electron chi connectivity index (χ3n) is 11.0. The van der Waals surface area contributed by atoms with E-state index in [-0.39, 0.29) is 25.2 Å². The minimum Gasteiger partial charge on any atom is -0.462 e. The summed E-state index contributed by atoms with van der Waals surface area (Å²) in [6, 6.07) is 0. The molecule has 0 spiro atoms. The van der Waals surface area contributed by atoms with Gasteiger partial charge in [-0.2, -0.15) is 0 Å². The molecule has 0 aliphatic carbocycles. The van der Waals surface area contributed by atoms with Crippen molar-refractivity contribution in [1.82, 2.24) is 0 Å². The number of rotatable bonds is 48. The summed E-state index contributed by atoms with van der Waals surface area (Å²) in [5, 5.41) is 0. The van der Waals surface area contributed by atoms with Crippen LogP contribution in [0, 0.1) is 0 Å². The van der Waals surface area contributed by atoms with Crippen molar-refractivity contribution in [3.63, 3.8) is 0 Å². The predicted octanol–water partition coefficient (Wildman–Crippen LogP) is 18.6. The summed E-state index contributed by atoms with van der Waals surface area (Å²) in [7, 11) is 0. The fourth-order valence-electron chi connectivity index (χ4n) is 7.00. The van der Waals surface area contributed by atoms with Gasteiger partial charge in [0.25, 0.3) is 0 Å². The molecule has 0 N–H and O–H groups in total. The highest BCUT2D eigenvalue weighted by molar-refractivity contribution is 5.70. The summed E-state index contributed by atoms with van der Waals surface area (Å²) in [4.78, 5) is 25.5. The zero-order chi connectivity index (χ0) is 47.7. The fourth-order valence-corrected chi connectivity index (χ4v) is 7.00. The van der Waals surface area contributed by atoms with Crippen molar-refractivity contribution in [1.29, 1.82) is 0 Å². The lowest BCUT2D eigenvalue weighted by Gasteiger charge is -2.18. The van der Waals surface area contributed by atoms with E-state index < -0.39 is 6.10 Å². The highest BCUT2D eigenvalue weighted by atomic mass is 16.6. The second-order valence-corrected chi connectivity index (χ2v) is 17.4. The van der Waals surface area contributed by atoms with Gasteiger partial charge >= 0.3 is 11.9 Å². The Morgan fingerprint density at radius 2 is 0.697 bits per heavy atom. The Bertz CT molecular complexity index is 1350. The molecule has 0 rings (SSSR count). The second-order valence-electron chi connectivity index (χ2n) is 17.4. The molecular weight excluding hydrogens is 813 g/mol. The average molecular weight is 913 g/mol. The first kappa shape index (κ1) is 62.3. The van der Waals surface area contributed by atoms with Gasteiger partial charge in [-0.05, 0) is 122 Å². The molecule has 5 heteroatoms. The van der Waals surface area contributed by atoms with Gasteiger partial charge in [0.15, 0.2) is 6.10 Å². The van der Waals surface area contributed by atoms with Gasteiger partial charge in [-0.1, -0.05) is 213 Å². The Kier molecular flexibility index (Phi) is 52.5. The second kappa shape index (κ2) is 55.6. The molecular formula is C61H100O5. The summed E-state index contributed by atoms with van der Waals surface area (Å²) >= 11 is 0. The molecule has 0 aromatic carbocycles. The molecule has 0 aromatic heterocycles. The first-order chi connectivity index (χ1) is 32.6. The van der Waals surface area contributed by atoms with Gasteiger partial charge in [-0.25, -0.2) is 0 Å². The van der Waals surface area contributed by atoms with E-state index in [2.05, 4.69) is 142 Å². The van der Waals surface area contributed by atoms with Crippen LogP contribution in [0.5, 0.6) is 0 Å². The standard InChI is InChI=1S/C61H100O5/c1-4-7-10-13-16-19-22-25-28-31-33-36-39-42-45-48-51-54-60(62)65-58-59(57-64-56-53-50-47-44-41-38-35-30-27-24-21-18-15-12-9-6-3)66-61(63)55-52-49-46-43-40-37-34-32-29-26-23-20-17-14-11-8-5-2/h7,9-10,12,16-21,25-30,33,36,42,45,59H,4-6,8,11,13-15,22-24,31-32,34-35,37-41,43-44,46-58H2,1-3H3/b10-7-,12-9-,19-16-,20-17-,21-18-,28-25-,29-26-,30-27-,36-33-,45-42-. The number of unbranched alkanes of at least 4 members (excludes halogenated alkanes) is 17. The van der Waals surface area contributed by atoms with Crippen LogP contribution in [-0.2, 0) is 23.8 Å². The molecule has 1 unspecified atom stereocenters. The Morgan fingerprint density at radius 1 is 0.348 bits per heavy atom. The zero-order valence-corrected chi connectivity index (χ0v) is 42.9. The molecule has 0 radical (unpaired) electrons. The van der Waals surface area contributed by atoms with Crippen LogP contribution in [0.3, 0.4) is 0 Å². The molecule has 0 aliphatic heterocycles. The highest BCUT2D eigenvalue weighted by Crippen LogP contribution is 2.13. The lowest BCUT2D eigenvalue weighted by Crippen LogP contribution is -2.30. The fraction of sp³-hybridized carbons (Fsp3) is 0.639. The lowest BCUT2D eigenvalue weighted by molar-refractivity contribution is -0.163. The van der Waals surface area contributed by atoms with Crippen molar-refractivity contribution < 1.29 is 23.8 Å². The molecule has 0 saturated heterocycles. The third-order valence-corrected chi connectivity index (χ3v) is 11.0. The maximum atomic E-state index is 12.8. The summed E-state index contributed by atoms with van der Waals surface area (Å²) in [5.74, 6) is -0.487. The Balaban J connectivity index is 4.43. The Morgan fingerprint density at radius 3 is 1.14 bits per heavy atom. The first-order valence-corrected chi connectivity index (χ1v) is 27.1. The lowest BCUT2D eigenvalue weighted by atomic mass is 10.1. The number of hydrogen-bond acceptors (Lipinski definition) is 5. The Labute approximate surface area is 407 Å². The van der Waals surface area contributed by atoms with E-state index in [0.717, 1.165) is 116 Å². The largest absolute Gasteiger partial charge is 0.462 e. The molecule has 66 heavy (non-hydrogen) atoms. The van der Waals surface area contributed by atoms with Crippen LogP contribution in [0.1, 0.15) is 226 Å². The van der Waals surface area contributed by atoms with E-state index in [1.807, 2.05) is 0 Å². The molecule has 0 bridgehead atoms. The van der Waals surface area contributed by atoms with Crippen molar-refractivity contribution in [2.24, 2.45) is 0 Å². The van der Waals surface area contributed by atoms with Crippen molar-refractivity contribution >= 4 is 11.9 Å². The molecule has 1 atom stereocenters. The van der Waals surface area contributed by atoms with Crippen LogP contribution in [0.4, 0.5) is 0 Å². The van der Waals surface area contributed by atoms with Crippen LogP contribution >= 0.6 is 0 Å². The molecule has 0 saturated carbocycles. The topological polar surface area (TPSA) is 61.8 Å². The maximum Gasteiger partial charge on any atom is 0.306 e. The monoisotopic (exact) mass is 913 g/mol. The summed E-state index contributed by atoms with van der Waals surface area (Å²) in [5.41, 5.74) is 0. The molecule has 0 amide bonds. The van der Waals surface area contributed by atoms with Gasteiger partial charge in [-0.15, -0.1) is 0 Å². The van der Waals surface area contributed by atoms with Crippen molar-refractivity contribution in [2.75, 3.05) is 19.8 Å². The van der Waals surface area contributed by atoms with Crippen LogP contribution in [0.2, 0.25) is 0 Å². The number of allylic oxidation sites excluding steroid dienone is 20. The quantitative estimate of drug-likeness (QED) is 0.0346. The highest BCUT2D eigenvalue weighted by Gasteiger charge is 2.17. The molecule has 5 nitrogen and oxygen atoms in total. The van der Waals surface area contributed by atoms with Gasteiger partial charge in [0.1, 0.15) is 6.61 Å². The number of ether oxygens (including phenoxy) is 3. The number of carbonyl (C=O) groups is 2. The van der Waals surface area contributed by atoms with E-state index in [0.29, 0.717) is 19.4 Å². The van der Waals surface area contributed by atoms with Crippen molar-refractivity contribution in [3.05, 3.63) is 122 Å². The zero-order valence-electron chi connectivity index (χ0n) is 42.9. The van der Waals surface area contributed by atoms with Crippen LogP contribution in [0.25, 0.3) is 0 Å². The molecule has 374 valence electrons. The summed E-state index contributed by atoms with van der Waals surface area (Å²) < 4.78 is 17.4. The van der Waals surface area contributed by atoms with Crippen LogP contribution in [0.15, 0.2) is 122 Å². The van der Waals surface area contributed by atoms with Gasteiger partial charge in [-0.3, -0.25) is 9.59 Å². The summed E-state index contributed by atoms with van der Waals surface area (Å²) in [6.45, 7) is 7.47. The van der Waals surface area contributed by atoms with E-state index >= 15 is 0 Å². The first-order valence-electron chi connectivity index (χ1n) is 27.1. The van der Waals surface area contributed by atoms with Gasteiger partial charge in [0.2, 0.25) is 0 Å². The van der Waals surface area contributed by atoms with Crippen molar-refractivity contribution in [2.45, 2.75) is 232 Å². The minimum atomic E-state index is -0.579. The third kappa shape index (κ3) is 52.9. The molecule has 0 fully saturated rings. The summed E-state index contributed by atoms with van der Waals surface area (Å²) in [6.07, 6.45) is 77.8. The minimum absolute atomic E-state index is 0.0399. The number of esters is 2. The normalized spacial score (nSPS) is 13.2. The number of hydrogen-bond donors (Lipinski definition) is 0. The average Bonchev–Trinajstić information content (AvgIpc) is 3.32. The molecule has 0 aliphatic rings. The maximum absolute atomic E-state index is 12.8. The SMILES string of the molecule is CC/C=C\C/C=C\C/C=C\C/C=C\C/C=C\CCCC(=O)OCC(COCCCCCCCC/C=C\C/C=C\C/C=C\CC)OC(=O)CCCCCCCCC/C=C\C/C=C\CCCCC. The van der Waals surface area contributed by atoms with Crippen LogP contribution < -0.4 is 0 Å². The van der Waals surface area contributed by atoms with Crippen LogP contribution in [-0.4, -0.2) is 37.9 Å². The molecule has 0 heterocycles. The van der Waals surface area contributed by atoms with E-state index in [4.69, 9.17) is 14.2 Å². The van der Waals surface area contributed by atoms with Gasteiger partial charge < -0.3 is 14.2 Å². The van der Waals surface area contributed by atoms with Crippen molar-refractivity contribution in [3.8, 4) is 0 Å². The number of carbonyl (C=O) groups excluding carboxylic acids is 2. The van der Waals surface area contributed by atoms with E-state index in [1.165, 1.54) is 77.0 Å².